The molecule has 1 N–H and O–H groups in total. The third kappa shape index (κ3) is 5.37. The first kappa shape index (κ1) is 21.1. The van der Waals surface area contributed by atoms with Crippen LogP contribution in [-0.4, -0.2) is 63.0 Å². The Kier molecular flexibility index (Phi) is 7.51. The van der Waals surface area contributed by atoms with E-state index in [0.717, 1.165) is 50.5 Å². The number of nitrogens with one attached hydrogen (secondary N) is 1. The molecule has 1 saturated carbocycles. The lowest BCUT2D eigenvalue weighted by atomic mass is 9.85. The smallest absolute Gasteiger partial charge is 0.230 e. The summed E-state index contributed by atoms with van der Waals surface area (Å²) in [6.07, 6.45) is 4.06. The van der Waals surface area contributed by atoms with Crippen molar-refractivity contribution >= 4 is 11.9 Å². The third-order valence-corrected chi connectivity index (χ3v) is 5.23. The Hall–Kier alpha value is -2.24. The highest BCUT2D eigenvalue weighted by molar-refractivity contribution is 5.84. The molecule has 0 saturated heterocycles. The average Bonchev–Trinajstić information content (AvgIpc) is 3.15. The van der Waals surface area contributed by atoms with Crippen LogP contribution in [0.2, 0.25) is 0 Å². The van der Waals surface area contributed by atoms with Crippen LogP contribution in [0.1, 0.15) is 38.2 Å². The zero-order valence-corrected chi connectivity index (χ0v) is 17.4. The van der Waals surface area contributed by atoms with Crippen LogP contribution in [0.15, 0.2) is 29.3 Å². The van der Waals surface area contributed by atoms with Gasteiger partial charge >= 0.3 is 0 Å². The van der Waals surface area contributed by atoms with Gasteiger partial charge in [0.2, 0.25) is 5.91 Å². The molecular formula is C21H34N4O2. The molecule has 0 aliphatic heterocycles. The zero-order chi connectivity index (χ0) is 19.9. The molecule has 0 atom stereocenters. The minimum atomic E-state index is -0.342. The van der Waals surface area contributed by atoms with Gasteiger partial charge in [-0.25, -0.2) is 0 Å². The van der Waals surface area contributed by atoms with Gasteiger partial charge in [0.1, 0.15) is 5.75 Å². The fourth-order valence-corrected chi connectivity index (χ4v) is 3.74. The third-order valence-electron chi connectivity index (χ3n) is 5.23. The van der Waals surface area contributed by atoms with E-state index in [1.165, 1.54) is 5.56 Å². The van der Waals surface area contributed by atoms with E-state index in [0.29, 0.717) is 6.54 Å². The molecular weight excluding hydrogens is 340 g/mol. The summed E-state index contributed by atoms with van der Waals surface area (Å²) in [4.78, 5) is 21.5. The monoisotopic (exact) mass is 374 g/mol. The number of benzene rings is 1. The maximum absolute atomic E-state index is 12.8. The lowest BCUT2D eigenvalue weighted by Gasteiger charge is -2.30. The molecule has 0 radical (unpaired) electrons. The van der Waals surface area contributed by atoms with Gasteiger partial charge in [-0.2, -0.15) is 0 Å². The average molecular weight is 375 g/mol. The first-order chi connectivity index (χ1) is 12.9. The SMILES string of the molecule is CCNC(=NCC1(C(=O)N(C)C)CCCC1)N(C)Cc1ccc(OC)cc1. The first-order valence-corrected chi connectivity index (χ1v) is 9.76. The van der Waals surface area contributed by atoms with Crippen LogP contribution in [0.5, 0.6) is 5.75 Å². The molecule has 6 nitrogen and oxygen atoms in total. The summed E-state index contributed by atoms with van der Waals surface area (Å²) in [5.74, 6) is 1.90. The molecule has 0 unspecified atom stereocenters. The van der Waals surface area contributed by atoms with E-state index in [9.17, 15) is 4.79 Å². The van der Waals surface area contributed by atoms with Crippen LogP contribution in [-0.2, 0) is 11.3 Å². The second-order valence-corrected chi connectivity index (χ2v) is 7.56. The topological polar surface area (TPSA) is 57.2 Å². The normalized spacial score (nSPS) is 16.1. The number of rotatable bonds is 7. The minimum Gasteiger partial charge on any atom is -0.497 e. The molecule has 1 aromatic rings. The Balaban J connectivity index is 2.12. The van der Waals surface area contributed by atoms with Crippen molar-refractivity contribution in [3.05, 3.63) is 29.8 Å². The number of methoxy groups -OCH3 is 1. The Morgan fingerprint density at radius 1 is 1.19 bits per heavy atom. The predicted molar refractivity (Wildman–Crippen MR) is 110 cm³/mol. The van der Waals surface area contributed by atoms with Crippen molar-refractivity contribution in [3.63, 3.8) is 0 Å². The molecule has 1 aliphatic carbocycles. The fourth-order valence-electron chi connectivity index (χ4n) is 3.74. The Morgan fingerprint density at radius 3 is 2.33 bits per heavy atom. The molecule has 0 heterocycles. The summed E-state index contributed by atoms with van der Waals surface area (Å²) in [6, 6.07) is 8.06. The molecule has 1 aliphatic rings. The summed E-state index contributed by atoms with van der Waals surface area (Å²) in [6.45, 7) is 4.14. The molecule has 0 spiro atoms. The number of carbonyl (C=O) groups is 1. The fraction of sp³-hybridized carbons (Fsp3) is 0.619. The summed E-state index contributed by atoms with van der Waals surface area (Å²) < 4.78 is 5.22. The van der Waals surface area contributed by atoms with Gasteiger partial charge in [-0.3, -0.25) is 9.79 Å². The van der Waals surface area contributed by atoms with Gasteiger partial charge in [0.25, 0.3) is 0 Å². The van der Waals surface area contributed by atoms with E-state index in [4.69, 9.17) is 9.73 Å². The van der Waals surface area contributed by atoms with E-state index in [1.54, 1.807) is 12.0 Å². The van der Waals surface area contributed by atoms with Gasteiger partial charge in [-0.05, 0) is 37.5 Å². The number of ether oxygens (including phenoxy) is 1. The molecule has 0 aromatic heterocycles. The van der Waals surface area contributed by atoms with Crippen molar-refractivity contribution in [2.24, 2.45) is 10.4 Å². The molecule has 1 amide bonds. The van der Waals surface area contributed by atoms with Crippen molar-refractivity contribution in [2.45, 2.75) is 39.2 Å². The molecule has 6 heteroatoms. The second-order valence-electron chi connectivity index (χ2n) is 7.56. The van der Waals surface area contributed by atoms with Crippen molar-refractivity contribution in [2.75, 3.05) is 41.3 Å². The molecule has 1 fully saturated rings. The number of guanidine groups is 1. The molecule has 1 aromatic carbocycles. The Bertz CT molecular complexity index is 634. The lowest BCUT2D eigenvalue weighted by molar-refractivity contribution is -0.138. The van der Waals surface area contributed by atoms with Crippen molar-refractivity contribution in [1.29, 1.82) is 0 Å². The highest BCUT2D eigenvalue weighted by atomic mass is 16.5. The van der Waals surface area contributed by atoms with Gasteiger partial charge < -0.3 is 19.9 Å². The van der Waals surface area contributed by atoms with Crippen molar-refractivity contribution in [3.8, 4) is 5.75 Å². The Morgan fingerprint density at radius 2 is 1.81 bits per heavy atom. The predicted octanol–water partition coefficient (Wildman–Crippen LogP) is 2.74. The van der Waals surface area contributed by atoms with E-state index in [2.05, 4.69) is 29.3 Å². The van der Waals surface area contributed by atoms with Gasteiger partial charge in [0.15, 0.2) is 5.96 Å². The number of nitrogens with zero attached hydrogens (tertiary/aromatic N) is 3. The largest absolute Gasteiger partial charge is 0.497 e. The van der Waals surface area contributed by atoms with E-state index in [-0.39, 0.29) is 11.3 Å². The van der Waals surface area contributed by atoms with Crippen molar-refractivity contribution in [1.82, 2.24) is 15.1 Å². The number of carbonyl (C=O) groups excluding carboxylic acids is 1. The lowest BCUT2D eigenvalue weighted by Crippen LogP contribution is -2.43. The Labute approximate surface area is 163 Å². The number of hydrogen-bond donors (Lipinski definition) is 1. The van der Waals surface area contributed by atoms with Crippen LogP contribution >= 0.6 is 0 Å². The first-order valence-electron chi connectivity index (χ1n) is 9.76. The van der Waals surface area contributed by atoms with Gasteiger partial charge in [0.05, 0.1) is 19.1 Å². The van der Waals surface area contributed by atoms with E-state index in [1.807, 2.05) is 33.3 Å². The summed E-state index contributed by atoms with van der Waals surface area (Å²) in [5.41, 5.74) is 0.842. The van der Waals surface area contributed by atoms with E-state index >= 15 is 0 Å². The number of hydrogen-bond acceptors (Lipinski definition) is 3. The molecule has 150 valence electrons. The second kappa shape index (κ2) is 9.62. The minimum absolute atomic E-state index is 0.206. The summed E-state index contributed by atoms with van der Waals surface area (Å²) >= 11 is 0. The van der Waals surface area contributed by atoms with Gasteiger partial charge in [0, 0.05) is 34.2 Å². The van der Waals surface area contributed by atoms with Crippen LogP contribution in [0.25, 0.3) is 0 Å². The summed E-state index contributed by atoms with van der Waals surface area (Å²) in [5, 5.41) is 3.36. The van der Waals surface area contributed by atoms with E-state index < -0.39 is 0 Å². The highest BCUT2D eigenvalue weighted by Gasteiger charge is 2.42. The zero-order valence-electron chi connectivity index (χ0n) is 17.4. The maximum atomic E-state index is 12.8. The number of aliphatic imine (C=N–C) groups is 1. The maximum Gasteiger partial charge on any atom is 0.230 e. The van der Waals surface area contributed by atoms with Crippen LogP contribution in [0.3, 0.4) is 0 Å². The van der Waals surface area contributed by atoms with Crippen LogP contribution in [0, 0.1) is 5.41 Å². The number of amides is 1. The van der Waals surface area contributed by atoms with Crippen LogP contribution in [0.4, 0.5) is 0 Å². The van der Waals surface area contributed by atoms with Gasteiger partial charge in [-0.15, -0.1) is 0 Å². The standard InChI is InChI=1S/C21H34N4O2/c1-6-22-20(25(4)15-17-9-11-18(27-5)12-10-17)23-16-21(13-7-8-14-21)19(26)24(2)3/h9-12H,6-8,13-16H2,1-5H3,(H,22,23). The van der Waals surface area contributed by atoms with Crippen LogP contribution < -0.4 is 10.1 Å². The molecule has 2 rings (SSSR count). The highest BCUT2D eigenvalue weighted by Crippen LogP contribution is 2.39. The molecule has 27 heavy (non-hydrogen) atoms. The van der Waals surface area contributed by atoms with Crippen molar-refractivity contribution < 1.29 is 9.53 Å². The van der Waals surface area contributed by atoms with Gasteiger partial charge in [-0.1, -0.05) is 25.0 Å². The quantitative estimate of drug-likeness (QED) is 0.589. The summed E-state index contributed by atoms with van der Waals surface area (Å²) in [7, 11) is 7.38. The molecule has 0 bridgehead atoms.